The minimum atomic E-state index is -0.307. The van der Waals surface area contributed by atoms with Gasteiger partial charge < -0.3 is 15.0 Å². The molecule has 2 aliphatic rings. The van der Waals surface area contributed by atoms with Crippen molar-refractivity contribution in [3.63, 3.8) is 0 Å². The molecular weight excluding hydrogens is 328 g/mol. The van der Waals surface area contributed by atoms with Crippen molar-refractivity contribution in [2.75, 3.05) is 19.0 Å². The number of nitrogens with one attached hydrogen (secondary N) is 1. The minimum Gasteiger partial charge on any atom is -0.495 e. The van der Waals surface area contributed by atoms with Crippen LogP contribution in [0.5, 0.6) is 5.75 Å². The Balaban J connectivity index is 1.69. The summed E-state index contributed by atoms with van der Waals surface area (Å²) in [6.07, 6.45) is 4.75. The largest absolute Gasteiger partial charge is 0.495 e. The van der Waals surface area contributed by atoms with E-state index in [0.29, 0.717) is 29.0 Å². The molecule has 6 heteroatoms. The number of hydrogen-bond donors (Lipinski definition) is 1. The number of hydrogen-bond acceptors (Lipinski definition) is 3. The zero-order valence-electron chi connectivity index (χ0n) is 14.1. The lowest BCUT2D eigenvalue weighted by molar-refractivity contribution is -0.129. The number of carbonyl (C=O) groups excluding carboxylic acids is 2. The Morgan fingerprint density at radius 3 is 2.71 bits per heavy atom. The fourth-order valence-corrected chi connectivity index (χ4v) is 3.79. The molecule has 130 valence electrons. The molecule has 0 spiro atoms. The highest BCUT2D eigenvalue weighted by molar-refractivity contribution is 6.31. The normalized spacial score (nSPS) is 21.4. The van der Waals surface area contributed by atoms with Crippen LogP contribution in [0.1, 0.15) is 37.7 Å². The molecule has 2 fully saturated rings. The number of aryl methyl sites for hydroxylation is 1. The average molecular weight is 351 g/mol. The van der Waals surface area contributed by atoms with Crippen molar-refractivity contribution in [3.05, 3.63) is 22.7 Å². The van der Waals surface area contributed by atoms with Gasteiger partial charge in [0.1, 0.15) is 5.75 Å². The number of halogens is 1. The number of carbonyl (C=O) groups is 2. The van der Waals surface area contributed by atoms with Gasteiger partial charge in [0.15, 0.2) is 0 Å². The molecule has 1 aliphatic heterocycles. The van der Waals surface area contributed by atoms with Crippen molar-refractivity contribution < 1.29 is 14.3 Å². The summed E-state index contributed by atoms with van der Waals surface area (Å²) in [6, 6.07) is 3.81. The molecule has 1 heterocycles. The van der Waals surface area contributed by atoms with E-state index in [9.17, 15) is 9.59 Å². The summed E-state index contributed by atoms with van der Waals surface area (Å²) < 4.78 is 5.29. The molecule has 3 rings (SSSR count). The highest BCUT2D eigenvalue weighted by Crippen LogP contribution is 2.33. The van der Waals surface area contributed by atoms with Gasteiger partial charge in [-0.25, -0.2) is 0 Å². The SMILES string of the molecule is COc1cc(Cl)c(C)cc1NC(=O)[C@H]1CC(=O)N(C2CCCC2)C1. The lowest BCUT2D eigenvalue weighted by Gasteiger charge is -2.24. The van der Waals surface area contributed by atoms with Crippen LogP contribution in [-0.4, -0.2) is 36.4 Å². The van der Waals surface area contributed by atoms with E-state index in [0.717, 1.165) is 18.4 Å². The molecule has 1 aliphatic carbocycles. The molecule has 1 saturated heterocycles. The van der Waals surface area contributed by atoms with Crippen LogP contribution in [0.25, 0.3) is 0 Å². The molecule has 0 radical (unpaired) electrons. The molecule has 0 aromatic heterocycles. The van der Waals surface area contributed by atoms with Gasteiger partial charge in [-0.3, -0.25) is 9.59 Å². The van der Waals surface area contributed by atoms with Crippen molar-refractivity contribution >= 4 is 29.1 Å². The van der Waals surface area contributed by atoms with Crippen LogP contribution in [0.3, 0.4) is 0 Å². The van der Waals surface area contributed by atoms with Crippen molar-refractivity contribution in [2.24, 2.45) is 5.92 Å². The van der Waals surface area contributed by atoms with Gasteiger partial charge in [-0.15, -0.1) is 0 Å². The van der Waals surface area contributed by atoms with E-state index in [1.807, 2.05) is 11.8 Å². The van der Waals surface area contributed by atoms with Crippen LogP contribution in [0.4, 0.5) is 5.69 Å². The van der Waals surface area contributed by atoms with Gasteiger partial charge in [-0.1, -0.05) is 24.4 Å². The molecule has 2 amide bonds. The lowest BCUT2D eigenvalue weighted by Crippen LogP contribution is -2.35. The molecule has 0 bridgehead atoms. The summed E-state index contributed by atoms with van der Waals surface area (Å²) >= 11 is 6.10. The van der Waals surface area contributed by atoms with E-state index < -0.39 is 0 Å². The predicted molar refractivity (Wildman–Crippen MR) is 93.4 cm³/mol. The molecule has 24 heavy (non-hydrogen) atoms. The van der Waals surface area contributed by atoms with E-state index in [2.05, 4.69) is 5.32 Å². The lowest BCUT2D eigenvalue weighted by atomic mass is 10.1. The number of methoxy groups -OCH3 is 1. The van der Waals surface area contributed by atoms with Crippen LogP contribution in [0.15, 0.2) is 12.1 Å². The number of likely N-dealkylation sites (tertiary alicyclic amines) is 1. The Morgan fingerprint density at radius 1 is 1.33 bits per heavy atom. The molecular formula is C18H23ClN2O3. The monoisotopic (exact) mass is 350 g/mol. The number of amides is 2. The maximum atomic E-state index is 12.6. The molecule has 1 aromatic carbocycles. The highest BCUT2D eigenvalue weighted by Gasteiger charge is 2.38. The van der Waals surface area contributed by atoms with E-state index in [1.165, 1.54) is 20.0 Å². The van der Waals surface area contributed by atoms with Gasteiger partial charge >= 0.3 is 0 Å². The first-order chi connectivity index (χ1) is 11.5. The van der Waals surface area contributed by atoms with Crippen LogP contribution in [-0.2, 0) is 9.59 Å². The first kappa shape index (κ1) is 17.1. The van der Waals surface area contributed by atoms with Crippen LogP contribution >= 0.6 is 11.6 Å². The van der Waals surface area contributed by atoms with Crippen molar-refractivity contribution in [3.8, 4) is 5.75 Å². The summed E-state index contributed by atoms with van der Waals surface area (Å²) in [6.45, 7) is 2.39. The average Bonchev–Trinajstić information content (AvgIpc) is 3.19. The standard InChI is InChI=1S/C18H23ClN2O3/c1-11-7-15(16(24-2)9-14(11)19)20-18(23)12-8-17(22)21(10-12)13-5-3-4-6-13/h7,9,12-13H,3-6,8,10H2,1-2H3,(H,20,23)/t12-/m0/s1. The number of anilines is 1. The summed E-state index contributed by atoms with van der Waals surface area (Å²) in [5, 5.41) is 3.49. The smallest absolute Gasteiger partial charge is 0.229 e. The molecule has 5 nitrogen and oxygen atoms in total. The zero-order valence-corrected chi connectivity index (χ0v) is 14.9. The number of nitrogens with zero attached hydrogens (tertiary/aromatic N) is 1. The maximum absolute atomic E-state index is 12.6. The first-order valence-electron chi connectivity index (χ1n) is 8.44. The van der Waals surface area contributed by atoms with Gasteiger partial charge in [0.2, 0.25) is 11.8 Å². The quantitative estimate of drug-likeness (QED) is 0.905. The van der Waals surface area contributed by atoms with Gasteiger partial charge in [0.05, 0.1) is 18.7 Å². The van der Waals surface area contributed by atoms with Crippen molar-refractivity contribution in [2.45, 2.75) is 45.1 Å². The topological polar surface area (TPSA) is 58.6 Å². The Kier molecular flexibility index (Phi) is 4.99. The van der Waals surface area contributed by atoms with E-state index in [1.54, 1.807) is 12.1 Å². The number of benzene rings is 1. The third-order valence-electron chi connectivity index (χ3n) is 5.03. The third-order valence-corrected chi connectivity index (χ3v) is 5.44. The second-order valence-electron chi connectivity index (χ2n) is 6.68. The van der Waals surface area contributed by atoms with Crippen LogP contribution in [0, 0.1) is 12.8 Å². The van der Waals surface area contributed by atoms with Gasteiger partial charge in [0, 0.05) is 30.1 Å². The Morgan fingerprint density at radius 2 is 2.04 bits per heavy atom. The van der Waals surface area contributed by atoms with Crippen molar-refractivity contribution in [1.29, 1.82) is 0 Å². The van der Waals surface area contributed by atoms with Gasteiger partial charge in [-0.2, -0.15) is 0 Å². The molecule has 1 aromatic rings. The van der Waals surface area contributed by atoms with Crippen LogP contribution in [0.2, 0.25) is 5.02 Å². The first-order valence-corrected chi connectivity index (χ1v) is 8.82. The number of ether oxygens (including phenoxy) is 1. The molecule has 1 saturated carbocycles. The summed E-state index contributed by atoms with van der Waals surface area (Å²) in [7, 11) is 1.54. The van der Waals surface area contributed by atoms with Crippen molar-refractivity contribution in [1.82, 2.24) is 4.90 Å². The predicted octanol–water partition coefficient (Wildman–Crippen LogP) is 3.39. The Labute approximate surface area is 147 Å². The fourth-order valence-electron chi connectivity index (χ4n) is 3.64. The summed E-state index contributed by atoms with van der Waals surface area (Å²) in [5.74, 6) is 0.180. The molecule has 0 unspecified atom stereocenters. The highest BCUT2D eigenvalue weighted by atomic mass is 35.5. The number of rotatable bonds is 4. The van der Waals surface area contributed by atoms with E-state index in [-0.39, 0.29) is 24.2 Å². The van der Waals surface area contributed by atoms with E-state index >= 15 is 0 Å². The fraction of sp³-hybridized carbons (Fsp3) is 0.556. The maximum Gasteiger partial charge on any atom is 0.229 e. The Hall–Kier alpha value is -1.75. The molecule has 1 atom stereocenters. The van der Waals surface area contributed by atoms with Crippen LogP contribution < -0.4 is 10.1 Å². The summed E-state index contributed by atoms with van der Waals surface area (Å²) in [5.41, 5.74) is 1.46. The van der Waals surface area contributed by atoms with Gasteiger partial charge in [0.25, 0.3) is 0 Å². The minimum absolute atomic E-state index is 0.0984. The zero-order chi connectivity index (χ0) is 17.3. The second kappa shape index (κ2) is 7.01. The Bertz CT molecular complexity index is 656. The van der Waals surface area contributed by atoms with E-state index in [4.69, 9.17) is 16.3 Å². The third kappa shape index (κ3) is 3.36. The molecule has 1 N–H and O–H groups in total. The van der Waals surface area contributed by atoms with Gasteiger partial charge in [-0.05, 0) is 31.4 Å². The summed E-state index contributed by atoms with van der Waals surface area (Å²) in [4.78, 5) is 26.8. The second-order valence-corrected chi connectivity index (χ2v) is 7.08.